The van der Waals surface area contributed by atoms with Crippen molar-refractivity contribution in [2.45, 2.75) is 25.8 Å². The van der Waals surface area contributed by atoms with Crippen LogP contribution in [-0.2, 0) is 27.2 Å². The van der Waals surface area contributed by atoms with E-state index in [4.69, 9.17) is 26.3 Å². The molecule has 0 bridgehead atoms. The van der Waals surface area contributed by atoms with Gasteiger partial charge in [0.15, 0.2) is 5.69 Å². The zero-order valence-corrected chi connectivity index (χ0v) is 19.9. The van der Waals surface area contributed by atoms with Crippen LogP contribution in [0.2, 0.25) is 5.02 Å². The van der Waals surface area contributed by atoms with Gasteiger partial charge in [-0.3, -0.25) is 14.6 Å². The molecule has 2 heterocycles. The highest BCUT2D eigenvalue weighted by Gasteiger charge is 2.22. The van der Waals surface area contributed by atoms with Crippen molar-refractivity contribution in [2.75, 3.05) is 45.3 Å². The van der Waals surface area contributed by atoms with Gasteiger partial charge in [0.25, 0.3) is 0 Å². The first kappa shape index (κ1) is 25.4. The Bertz CT molecular complexity index is 1050. The lowest BCUT2D eigenvalue weighted by molar-refractivity contribution is -0.137. The van der Waals surface area contributed by atoms with Gasteiger partial charge >= 0.3 is 0 Å². The largest absolute Gasteiger partial charge is 0.495 e. The van der Waals surface area contributed by atoms with Crippen molar-refractivity contribution in [3.8, 4) is 11.8 Å². The minimum absolute atomic E-state index is 0.0137. The van der Waals surface area contributed by atoms with Crippen molar-refractivity contribution in [1.29, 1.82) is 5.26 Å². The van der Waals surface area contributed by atoms with Gasteiger partial charge < -0.3 is 25.0 Å². The average Bonchev–Trinajstić information content (AvgIpc) is 2.85. The second kappa shape index (κ2) is 12.3. The zero-order chi connectivity index (χ0) is 24.5. The van der Waals surface area contributed by atoms with Crippen molar-refractivity contribution >= 4 is 29.1 Å². The monoisotopic (exact) mass is 486 g/mol. The molecule has 34 heavy (non-hydrogen) atoms. The first-order chi connectivity index (χ1) is 16.4. The van der Waals surface area contributed by atoms with Crippen LogP contribution in [0.4, 0.5) is 5.69 Å². The lowest BCUT2D eigenvalue weighted by Gasteiger charge is -2.29. The molecule has 3 rings (SSSR count). The summed E-state index contributed by atoms with van der Waals surface area (Å²) in [4.78, 5) is 34.7. The van der Waals surface area contributed by atoms with E-state index >= 15 is 0 Å². The van der Waals surface area contributed by atoms with E-state index in [0.717, 1.165) is 5.56 Å². The van der Waals surface area contributed by atoms with Crippen molar-refractivity contribution < 1.29 is 19.1 Å². The van der Waals surface area contributed by atoms with Crippen LogP contribution in [0.15, 0.2) is 24.5 Å². The molecule has 180 valence electrons. The number of anilines is 1. The van der Waals surface area contributed by atoms with Gasteiger partial charge in [-0.2, -0.15) is 5.26 Å². The third kappa shape index (κ3) is 6.87. The first-order valence-corrected chi connectivity index (χ1v) is 11.3. The zero-order valence-electron chi connectivity index (χ0n) is 19.1. The van der Waals surface area contributed by atoms with Crippen molar-refractivity contribution in [2.24, 2.45) is 0 Å². The SMILES string of the molecule is COc1cc(CCN[C@H](C)C(=O)N2CCOCC2)c(Cl)cc1NC(=O)Cc1cnc(C#N)cn1. The molecule has 1 atom stereocenters. The summed E-state index contributed by atoms with van der Waals surface area (Å²) < 4.78 is 10.7. The fourth-order valence-corrected chi connectivity index (χ4v) is 3.74. The summed E-state index contributed by atoms with van der Waals surface area (Å²) in [5.74, 6) is 0.200. The third-order valence-corrected chi connectivity index (χ3v) is 5.69. The molecule has 1 aliphatic rings. The Kier molecular flexibility index (Phi) is 9.16. The lowest BCUT2D eigenvalue weighted by Crippen LogP contribution is -2.49. The van der Waals surface area contributed by atoms with Gasteiger partial charge in [0.2, 0.25) is 11.8 Å². The Labute approximate surface area is 203 Å². The number of amides is 2. The van der Waals surface area contributed by atoms with Crippen molar-refractivity contribution in [3.05, 3.63) is 46.5 Å². The van der Waals surface area contributed by atoms with Gasteiger partial charge in [-0.05, 0) is 37.6 Å². The van der Waals surface area contributed by atoms with Crippen LogP contribution in [0.25, 0.3) is 0 Å². The molecule has 0 radical (unpaired) electrons. The van der Waals surface area contributed by atoms with Gasteiger partial charge in [-0.1, -0.05) is 11.6 Å². The molecule has 0 aliphatic carbocycles. The smallest absolute Gasteiger partial charge is 0.239 e. The molecular weight excluding hydrogens is 460 g/mol. The van der Waals surface area contributed by atoms with Gasteiger partial charge in [0, 0.05) is 18.1 Å². The number of nitriles is 1. The highest BCUT2D eigenvalue weighted by molar-refractivity contribution is 6.31. The number of carbonyl (C=O) groups is 2. The molecule has 2 N–H and O–H groups in total. The summed E-state index contributed by atoms with van der Waals surface area (Å²) in [7, 11) is 1.51. The number of nitrogens with one attached hydrogen (secondary N) is 2. The standard InChI is InChI=1S/C23H27ClN6O4/c1-15(23(32)30-5-7-34-8-6-30)26-4-3-16-9-21(33-2)20(11-19(16)24)29-22(31)10-17-13-28-18(12-25)14-27-17/h9,11,13-15,26H,3-8,10H2,1-2H3,(H,29,31)/t15-/m1/s1. The van der Waals surface area contributed by atoms with Crippen LogP contribution in [0.5, 0.6) is 5.75 Å². The Morgan fingerprint density at radius 1 is 1.29 bits per heavy atom. The summed E-state index contributed by atoms with van der Waals surface area (Å²) in [6.45, 7) is 4.74. The van der Waals surface area contributed by atoms with Crippen molar-refractivity contribution in [1.82, 2.24) is 20.2 Å². The number of ether oxygens (including phenoxy) is 2. The van der Waals surface area contributed by atoms with E-state index in [-0.39, 0.29) is 30.0 Å². The summed E-state index contributed by atoms with van der Waals surface area (Å²) in [6.07, 6.45) is 3.27. The minimum atomic E-state index is -0.321. The summed E-state index contributed by atoms with van der Waals surface area (Å²) >= 11 is 6.46. The summed E-state index contributed by atoms with van der Waals surface area (Å²) in [5.41, 5.74) is 1.88. The molecule has 11 heteroatoms. The molecule has 1 fully saturated rings. The second-order valence-electron chi connectivity index (χ2n) is 7.74. The Balaban J connectivity index is 1.56. The number of hydrogen-bond acceptors (Lipinski definition) is 8. The predicted octanol–water partition coefficient (Wildman–Crippen LogP) is 1.57. The molecule has 0 unspecified atom stereocenters. The highest BCUT2D eigenvalue weighted by Crippen LogP contribution is 2.31. The van der Waals surface area contributed by atoms with Crippen molar-refractivity contribution in [3.63, 3.8) is 0 Å². The molecule has 0 saturated carbocycles. The normalized spacial score (nSPS) is 14.2. The molecule has 1 aliphatic heterocycles. The molecule has 2 aromatic rings. The molecule has 1 aromatic carbocycles. The Morgan fingerprint density at radius 3 is 2.71 bits per heavy atom. The van der Waals surface area contributed by atoms with Crippen LogP contribution in [0.1, 0.15) is 23.9 Å². The van der Waals surface area contributed by atoms with E-state index in [0.29, 0.717) is 61.4 Å². The molecule has 2 amide bonds. The van der Waals surface area contributed by atoms with Crippen LogP contribution in [-0.4, -0.2) is 72.7 Å². The number of halogens is 1. The molecular formula is C23H27ClN6O4. The molecule has 1 aromatic heterocycles. The number of nitrogens with zero attached hydrogens (tertiary/aromatic N) is 4. The lowest BCUT2D eigenvalue weighted by atomic mass is 10.1. The number of benzene rings is 1. The predicted molar refractivity (Wildman–Crippen MR) is 126 cm³/mol. The fourth-order valence-electron chi connectivity index (χ4n) is 3.48. The number of hydrogen-bond donors (Lipinski definition) is 2. The maximum atomic E-state index is 12.5. The van der Waals surface area contributed by atoms with Crippen LogP contribution in [0.3, 0.4) is 0 Å². The van der Waals surface area contributed by atoms with Gasteiger partial charge in [-0.15, -0.1) is 0 Å². The summed E-state index contributed by atoms with van der Waals surface area (Å²) in [5, 5.41) is 15.3. The number of rotatable bonds is 9. The van der Waals surface area contributed by atoms with E-state index in [9.17, 15) is 9.59 Å². The number of aromatic nitrogens is 2. The van der Waals surface area contributed by atoms with Gasteiger partial charge in [-0.25, -0.2) is 4.98 Å². The number of morpholine rings is 1. The maximum absolute atomic E-state index is 12.5. The van der Waals surface area contributed by atoms with Crippen LogP contribution in [0, 0.1) is 11.3 Å². The average molecular weight is 487 g/mol. The maximum Gasteiger partial charge on any atom is 0.239 e. The third-order valence-electron chi connectivity index (χ3n) is 5.34. The van der Waals surface area contributed by atoms with Crippen LogP contribution >= 0.6 is 11.6 Å². The van der Waals surface area contributed by atoms with Gasteiger partial charge in [0.1, 0.15) is 11.8 Å². The summed E-state index contributed by atoms with van der Waals surface area (Å²) in [6, 6.07) is 4.98. The Morgan fingerprint density at radius 2 is 2.06 bits per heavy atom. The fraction of sp³-hybridized carbons (Fsp3) is 0.435. The van der Waals surface area contributed by atoms with E-state index in [1.165, 1.54) is 19.5 Å². The number of carbonyl (C=O) groups excluding carboxylic acids is 2. The highest BCUT2D eigenvalue weighted by atomic mass is 35.5. The number of methoxy groups -OCH3 is 1. The first-order valence-electron chi connectivity index (χ1n) is 10.9. The minimum Gasteiger partial charge on any atom is -0.495 e. The molecule has 0 spiro atoms. The Hall–Kier alpha value is -3.26. The van der Waals surface area contributed by atoms with E-state index in [1.807, 2.05) is 13.0 Å². The quantitative estimate of drug-likeness (QED) is 0.546. The topological polar surface area (TPSA) is 129 Å². The van der Waals surface area contributed by atoms with E-state index < -0.39 is 0 Å². The molecule has 10 nitrogen and oxygen atoms in total. The van der Waals surface area contributed by atoms with Crippen LogP contribution < -0.4 is 15.4 Å². The van der Waals surface area contributed by atoms with Gasteiger partial charge in [0.05, 0.1) is 56.6 Å². The molecule has 1 saturated heterocycles. The van der Waals surface area contributed by atoms with E-state index in [2.05, 4.69) is 20.6 Å². The van der Waals surface area contributed by atoms with E-state index in [1.54, 1.807) is 17.0 Å². The second-order valence-corrected chi connectivity index (χ2v) is 8.14.